The molecular weight excluding hydrogens is 308 g/mol. The number of methoxy groups -OCH3 is 1. The van der Waals surface area contributed by atoms with Gasteiger partial charge in [-0.1, -0.05) is 0 Å². The van der Waals surface area contributed by atoms with Crippen LogP contribution in [0.4, 0.5) is 5.69 Å². The zero-order valence-corrected chi connectivity index (χ0v) is 13.9. The number of benzene rings is 1. The van der Waals surface area contributed by atoms with Crippen molar-refractivity contribution < 1.29 is 23.1 Å². The molecule has 0 saturated carbocycles. The van der Waals surface area contributed by atoms with Gasteiger partial charge in [0, 0.05) is 24.9 Å². The van der Waals surface area contributed by atoms with Crippen LogP contribution in [0.2, 0.25) is 0 Å². The Morgan fingerprint density at radius 2 is 1.95 bits per heavy atom. The Bertz CT molecular complexity index is 628. The van der Waals surface area contributed by atoms with Crippen LogP contribution < -0.4 is 10.0 Å². The highest BCUT2D eigenvalue weighted by Crippen LogP contribution is 2.21. The Morgan fingerprint density at radius 1 is 1.32 bits per heavy atom. The molecule has 0 aromatic heterocycles. The van der Waals surface area contributed by atoms with Crippen molar-refractivity contribution in [3.8, 4) is 0 Å². The molecule has 8 heteroatoms. The van der Waals surface area contributed by atoms with E-state index >= 15 is 0 Å². The molecule has 7 nitrogen and oxygen atoms in total. The molecule has 0 heterocycles. The van der Waals surface area contributed by atoms with Gasteiger partial charge in [-0.25, -0.2) is 17.9 Å². The molecule has 0 bridgehead atoms. The number of hydrogen-bond acceptors (Lipinski definition) is 5. The number of sulfonamides is 1. The fraction of sp³-hybridized carbons (Fsp3) is 0.500. The normalized spacial score (nSPS) is 13.1. The summed E-state index contributed by atoms with van der Waals surface area (Å²) in [5.41, 5.74) is 0.245. The van der Waals surface area contributed by atoms with Gasteiger partial charge >= 0.3 is 5.97 Å². The zero-order chi connectivity index (χ0) is 16.9. The van der Waals surface area contributed by atoms with Crippen molar-refractivity contribution in [1.82, 2.24) is 4.72 Å². The minimum absolute atomic E-state index is 0.0801. The van der Waals surface area contributed by atoms with Crippen molar-refractivity contribution in [3.63, 3.8) is 0 Å². The fourth-order valence-corrected chi connectivity index (χ4v) is 3.21. The molecule has 1 atom stereocenters. The van der Waals surface area contributed by atoms with Crippen LogP contribution >= 0.6 is 0 Å². The van der Waals surface area contributed by atoms with Gasteiger partial charge in [0.2, 0.25) is 10.0 Å². The summed E-state index contributed by atoms with van der Waals surface area (Å²) in [6.45, 7) is 5.62. The molecule has 0 spiro atoms. The van der Waals surface area contributed by atoms with E-state index in [9.17, 15) is 18.3 Å². The third kappa shape index (κ3) is 4.97. The number of carboxylic acids is 1. The standard InChI is InChI=1S/C14H22N2O5S/c1-9(2)16-22(19,20)11-5-6-13(12(7-11)14(17)18)15-10(3)8-21-4/h5-7,9-10,15-16H,8H2,1-4H3,(H,17,18). The second-order valence-electron chi connectivity index (χ2n) is 5.29. The molecule has 22 heavy (non-hydrogen) atoms. The van der Waals surface area contributed by atoms with E-state index in [0.717, 1.165) is 6.07 Å². The zero-order valence-electron chi connectivity index (χ0n) is 13.1. The number of aromatic carboxylic acids is 1. The van der Waals surface area contributed by atoms with Crippen LogP contribution in [0.25, 0.3) is 0 Å². The Morgan fingerprint density at radius 3 is 2.45 bits per heavy atom. The van der Waals surface area contributed by atoms with Gasteiger partial charge in [-0.05, 0) is 39.0 Å². The number of hydrogen-bond donors (Lipinski definition) is 3. The molecule has 0 fully saturated rings. The van der Waals surface area contributed by atoms with Gasteiger partial charge in [-0.15, -0.1) is 0 Å². The molecule has 0 aliphatic heterocycles. The van der Waals surface area contributed by atoms with Crippen LogP contribution in [-0.2, 0) is 14.8 Å². The molecule has 0 aliphatic carbocycles. The molecule has 0 saturated heterocycles. The average molecular weight is 330 g/mol. The highest BCUT2D eigenvalue weighted by molar-refractivity contribution is 7.89. The van der Waals surface area contributed by atoms with E-state index < -0.39 is 16.0 Å². The Hall–Kier alpha value is -1.64. The van der Waals surface area contributed by atoms with E-state index in [1.807, 2.05) is 6.92 Å². The Balaban J connectivity index is 3.17. The molecule has 1 aromatic rings. The number of nitrogens with one attached hydrogen (secondary N) is 2. The van der Waals surface area contributed by atoms with Crippen LogP contribution in [0.15, 0.2) is 23.1 Å². The topological polar surface area (TPSA) is 105 Å². The molecule has 1 rings (SSSR count). The molecule has 0 amide bonds. The van der Waals surface area contributed by atoms with Gasteiger partial charge < -0.3 is 15.2 Å². The quantitative estimate of drug-likeness (QED) is 0.667. The first-order chi connectivity index (χ1) is 10.2. The summed E-state index contributed by atoms with van der Waals surface area (Å²) in [5.74, 6) is -1.20. The summed E-state index contributed by atoms with van der Waals surface area (Å²) < 4.78 is 31.6. The van der Waals surface area contributed by atoms with Crippen LogP contribution in [0.1, 0.15) is 31.1 Å². The Kier molecular flexibility index (Phi) is 6.34. The van der Waals surface area contributed by atoms with E-state index in [1.54, 1.807) is 21.0 Å². The molecule has 0 aliphatic rings. The van der Waals surface area contributed by atoms with E-state index in [2.05, 4.69) is 10.0 Å². The largest absolute Gasteiger partial charge is 0.478 e. The number of carboxylic acid groups (broad SMARTS) is 1. The van der Waals surface area contributed by atoms with Gasteiger partial charge in [0.15, 0.2) is 0 Å². The third-order valence-electron chi connectivity index (χ3n) is 2.74. The number of anilines is 1. The minimum atomic E-state index is -3.74. The monoisotopic (exact) mass is 330 g/mol. The van der Waals surface area contributed by atoms with Crippen molar-refractivity contribution in [2.24, 2.45) is 0 Å². The van der Waals surface area contributed by atoms with Gasteiger partial charge in [0.05, 0.1) is 17.1 Å². The summed E-state index contributed by atoms with van der Waals surface area (Å²) in [5, 5.41) is 12.3. The van der Waals surface area contributed by atoms with E-state index in [4.69, 9.17) is 4.74 Å². The van der Waals surface area contributed by atoms with Crippen LogP contribution in [0.5, 0.6) is 0 Å². The second-order valence-corrected chi connectivity index (χ2v) is 7.00. The number of carbonyl (C=O) groups is 1. The van der Waals surface area contributed by atoms with Crippen LogP contribution in [0, 0.1) is 0 Å². The van der Waals surface area contributed by atoms with Crippen LogP contribution in [0.3, 0.4) is 0 Å². The minimum Gasteiger partial charge on any atom is -0.478 e. The highest BCUT2D eigenvalue weighted by atomic mass is 32.2. The van der Waals surface area contributed by atoms with Crippen molar-refractivity contribution in [1.29, 1.82) is 0 Å². The molecule has 1 unspecified atom stereocenters. The van der Waals surface area contributed by atoms with Gasteiger partial charge in [-0.2, -0.15) is 0 Å². The second kappa shape index (κ2) is 7.57. The van der Waals surface area contributed by atoms with Gasteiger partial charge in [0.1, 0.15) is 0 Å². The first-order valence-electron chi connectivity index (χ1n) is 6.82. The van der Waals surface area contributed by atoms with E-state index in [1.165, 1.54) is 12.1 Å². The Labute approximate surface area is 130 Å². The summed E-state index contributed by atoms with van der Waals surface area (Å²) >= 11 is 0. The smallest absolute Gasteiger partial charge is 0.337 e. The predicted octanol–water partition coefficient (Wildman–Crippen LogP) is 1.52. The molecule has 124 valence electrons. The number of ether oxygens (including phenoxy) is 1. The molecular formula is C14H22N2O5S. The van der Waals surface area contributed by atoms with Gasteiger partial charge in [0.25, 0.3) is 0 Å². The van der Waals surface area contributed by atoms with Gasteiger partial charge in [-0.3, -0.25) is 0 Å². The summed E-state index contributed by atoms with van der Waals surface area (Å²) in [7, 11) is -2.19. The van der Waals surface area contributed by atoms with Crippen molar-refractivity contribution in [2.45, 2.75) is 37.8 Å². The first-order valence-corrected chi connectivity index (χ1v) is 8.31. The summed E-state index contributed by atoms with van der Waals surface area (Å²) in [6.07, 6.45) is 0. The maximum Gasteiger partial charge on any atom is 0.337 e. The molecule has 0 radical (unpaired) electrons. The molecule has 3 N–H and O–H groups in total. The van der Waals surface area contributed by atoms with E-state index in [-0.39, 0.29) is 22.5 Å². The van der Waals surface area contributed by atoms with E-state index in [0.29, 0.717) is 12.3 Å². The summed E-state index contributed by atoms with van der Waals surface area (Å²) in [6, 6.07) is 3.58. The number of rotatable bonds is 8. The lowest BCUT2D eigenvalue weighted by atomic mass is 10.1. The lowest BCUT2D eigenvalue weighted by Gasteiger charge is -2.17. The lowest BCUT2D eigenvalue weighted by Crippen LogP contribution is -2.30. The first kappa shape index (κ1) is 18.4. The van der Waals surface area contributed by atoms with Crippen molar-refractivity contribution >= 4 is 21.7 Å². The highest BCUT2D eigenvalue weighted by Gasteiger charge is 2.20. The third-order valence-corrected chi connectivity index (χ3v) is 4.40. The summed E-state index contributed by atoms with van der Waals surface area (Å²) in [4.78, 5) is 11.3. The van der Waals surface area contributed by atoms with Crippen molar-refractivity contribution in [3.05, 3.63) is 23.8 Å². The molecule has 1 aromatic carbocycles. The fourth-order valence-electron chi connectivity index (χ4n) is 1.93. The maximum absolute atomic E-state index is 12.1. The SMILES string of the molecule is COCC(C)Nc1ccc(S(=O)(=O)NC(C)C)cc1C(=O)O. The average Bonchev–Trinajstić information content (AvgIpc) is 2.37. The van der Waals surface area contributed by atoms with Crippen molar-refractivity contribution in [2.75, 3.05) is 19.0 Å². The maximum atomic E-state index is 12.1. The van der Waals surface area contributed by atoms with Crippen LogP contribution in [-0.4, -0.2) is 45.3 Å². The lowest BCUT2D eigenvalue weighted by molar-refractivity contribution is 0.0697. The predicted molar refractivity (Wildman–Crippen MR) is 83.8 cm³/mol.